The second-order valence-electron chi connectivity index (χ2n) is 8.53. The maximum atomic E-state index is 13.3. The third-order valence-corrected chi connectivity index (χ3v) is 8.88. The van der Waals surface area contributed by atoms with Gasteiger partial charge in [0.05, 0.1) is 0 Å². The number of carbonyl (C=O) groups is 1. The van der Waals surface area contributed by atoms with Crippen molar-refractivity contribution in [2.24, 2.45) is 5.92 Å². The van der Waals surface area contributed by atoms with E-state index in [-0.39, 0.29) is 26.8 Å². The topological polar surface area (TPSA) is 70.2 Å². The molecule has 1 fully saturated rings. The summed E-state index contributed by atoms with van der Waals surface area (Å²) in [7, 11) is 4.04. The fraction of sp³-hybridized carbons (Fsp3) is 0.375. The predicted octanol–water partition coefficient (Wildman–Crippen LogP) is 4.62. The molecule has 0 saturated heterocycles. The van der Waals surface area contributed by atoms with E-state index in [0.717, 1.165) is 47.0 Å². The molecule has 0 atom stereocenters. The summed E-state index contributed by atoms with van der Waals surface area (Å²) in [5.74, 6) is 0.936. The molecule has 1 radical (unpaired) electrons. The Labute approximate surface area is 205 Å². The third kappa shape index (κ3) is 6.15. The van der Waals surface area contributed by atoms with Gasteiger partial charge in [0.25, 0.3) is 0 Å². The third-order valence-electron chi connectivity index (χ3n) is 5.84. The molecule has 2 N–H and O–H groups in total. The van der Waals surface area contributed by atoms with Gasteiger partial charge in [-0.3, -0.25) is 0 Å². The van der Waals surface area contributed by atoms with Crippen molar-refractivity contribution in [2.75, 3.05) is 30.9 Å². The van der Waals surface area contributed by atoms with Crippen LogP contribution in [0.25, 0.3) is 10.9 Å². The molecular weight excluding hydrogens is 504 g/mol. The monoisotopic (exact) mass is 530 g/mol. The first-order valence-corrected chi connectivity index (χ1v) is 13.4. The van der Waals surface area contributed by atoms with Crippen molar-refractivity contribution >= 4 is 60.4 Å². The molecule has 2 aromatic carbocycles. The van der Waals surface area contributed by atoms with Gasteiger partial charge in [-0.05, 0) is 0 Å². The standard InChI is InChI=1S/C24H27AsClFN5O/c1-32(2)22-18-5-3-4-6-21(18)30-23(31-22)25-16-9-7-15(8-10-16)14-28-24(33)29-17-11-12-20(27)19(26)13-17/h3-6,11-13,15-16H,7-10,14H2,1-2H3,(H2,28,29,33). The van der Waals surface area contributed by atoms with Gasteiger partial charge in [-0.25, -0.2) is 4.39 Å². The van der Waals surface area contributed by atoms with Crippen LogP contribution in [0.5, 0.6) is 0 Å². The Balaban J connectivity index is 1.27. The van der Waals surface area contributed by atoms with E-state index >= 15 is 0 Å². The summed E-state index contributed by atoms with van der Waals surface area (Å²) in [4.78, 5) is 24.0. The van der Waals surface area contributed by atoms with Crippen LogP contribution in [-0.4, -0.2) is 52.4 Å². The van der Waals surface area contributed by atoms with Crippen molar-refractivity contribution in [2.45, 2.75) is 30.4 Å². The number of nitrogens with zero attached hydrogens (tertiary/aromatic N) is 3. The van der Waals surface area contributed by atoms with Crippen LogP contribution in [0.3, 0.4) is 0 Å². The molecule has 1 aliphatic rings. The van der Waals surface area contributed by atoms with Crippen molar-refractivity contribution in [3.63, 3.8) is 0 Å². The molecule has 33 heavy (non-hydrogen) atoms. The van der Waals surface area contributed by atoms with Crippen molar-refractivity contribution in [1.82, 2.24) is 15.3 Å². The van der Waals surface area contributed by atoms with Crippen molar-refractivity contribution in [1.29, 1.82) is 0 Å². The second-order valence-corrected chi connectivity index (χ2v) is 11.8. The predicted molar refractivity (Wildman–Crippen MR) is 133 cm³/mol. The number of anilines is 2. The van der Waals surface area contributed by atoms with Crippen molar-refractivity contribution in [3.8, 4) is 0 Å². The number of rotatable bonds is 6. The second kappa shape index (κ2) is 10.7. The van der Waals surface area contributed by atoms with Crippen LogP contribution in [0.15, 0.2) is 42.5 Å². The molecule has 1 heterocycles. The van der Waals surface area contributed by atoms with Crippen LogP contribution >= 0.6 is 11.6 Å². The summed E-state index contributed by atoms with van der Waals surface area (Å²) in [6.45, 7) is 0.626. The summed E-state index contributed by atoms with van der Waals surface area (Å²) in [5, 5.41) is 6.71. The molecule has 0 unspecified atom stereocenters. The first kappa shape index (κ1) is 23.8. The number of fused-ring (bicyclic) bond motifs is 1. The average molecular weight is 531 g/mol. The number of amides is 2. The Morgan fingerprint density at radius 2 is 1.91 bits per heavy atom. The van der Waals surface area contributed by atoms with Crippen LogP contribution < -0.4 is 20.1 Å². The summed E-state index contributed by atoms with van der Waals surface area (Å²) >= 11 is 5.65. The Morgan fingerprint density at radius 1 is 1.15 bits per heavy atom. The Morgan fingerprint density at radius 3 is 2.64 bits per heavy atom. The Hall–Kier alpha value is -2.37. The number of urea groups is 1. The van der Waals surface area contributed by atoms with E-state index in [9.17, 15) is 9.18 Å². The number of halogens is 2. The fourth-order valence-corrected chi connectivity index (χ4v) is 6.77. The molecule has 1 saturated carbocycles. The van der Waals surface area contributed by atoms with Crippen molar-refractivity contribution < 1.29 is 9.18 Å². The SMILES string of the molecule is CN(C)c1nc([As]C2CCC(CNC(=O)Nc3ccc(F)c(Cl)c3)CC2)nc2ccccc12. The number of hydrogen-bond donors (Lipinski definition) is 2. The van der Waals surface area contributed by atoms with E-state index in [1.54, 1.807) is 0 Å². The van der Waals surface area contributed by atoms with Crippen molar-refractivity contribution in [3.05, 3.63) is 53.3 Å². The zero-order chi connectivity index (χ0) is 23.4. The van der Waals surface area contributed by atoms with Gasteiger partial charge in [0.15, 0.2) is 0 Å². The molecule has 1 aromatic heterocycles. The molecule has 2 amide bonds. The number of aromatic nitrogens is 2. The van der Waals surface area contributed by atoms with Gasteiger partial charge in [0.1, 0.15) is 0 Å². The summed E-state index contributed by atoms with van der Waals surface area (Å²) in [6.07, 6.45) is 4.43. The van der Waals surface area contributed by atoms with E-state index < -0.39 is 5.82 Å². The fourth-order valence-electron chi connectivity index (χ4n) is 4.07. The first-order valence-electron chi connectivity index (χ1n) is 11.0. The molecule has 3 aromatic rings. The molecular formula is C24H27AsClFN5O. The van der Waals surface area contributed by atoms with E-state index in [4.69, 9.17) is 21.6 Å². The van der Waals surface area contributed by atoms with E-state index in [1.165, 1.54) is 18.2 Å². The summed E-state index contributed by atoms with van der Waals surface area (Å²) in [5.41, 5.74) is 1.48. The number of carbonyl (C=O) groups excluding carboxylic acids is 1. The molecule has 0 spiro atoms. The Bertz CT molecular complexity index is 1140. The number of nitrogens with one attached hydrogen (secondary N) is 2. The summed E-state index contributed by atoms with van der Waals surface area (Å²) in [6, 6.07) is 12.0. The molecule has 173 valence electrons. The summed E-state index contributed by atoms with van der Waals surface area (Å²) < 4.78 is 14.9. The number of hydrogen-bond acceptors (Lipinski definition) is 4. The van der Waals surface area contributed by atoms with Crippen LogP contribution in [0.1, 0.15) is 25.7 Å². The average Bonchev–Trinajstić information content (AvgIpc) is 2.80. The van der Waals surface area contributed by atoms with Crippen LogP contribution in [0.2, 0.25) is 9.73 Å². The molecule has 9 heteroatoms. The van der Waals surface area contributed by atoms with Gasteiger partial charge in [-0.15, -0.1) is 0 Å². The maximum absolute atomic E-state index is 13.3. The zero-order valence-corrected chi connectivity index (χ0v) is 21.3. The number of benzene rings is 2. The van der Waals surface area contributed by atoms with Crippen LogP contribution in [-0.2, 0) is 0 Å². The molecule has 4 rings (SSSR count). The zero-order valence-electron chi connectivity index (χ0n) is 18.7. The van der Waals surface area contributed by atoms with Crippen LogP contribution in [0, 0.1) is 11.7 Å². The van der Waals surface area contributed by atoms with Crippen LogP contribution in [0.4, 0.5) is 20.7 Å². The minimum atomic E-state index is -0.506. The Kier molecular flexibility index (Phi) is 7.71. The van der Waals surface area contributed by atoms with Gasteiger partial charge in [-0.1, -0.05) is 0 Å². The molecule has 6 nitrogen and oxygen atoms in total. The quantitative estimate of drug-likeness (QED) is 0.456. The van der Waals surface area contributed by atoms with E-state index in [2.05, 4.69) is 27.7 Å². The molecule has 0 aliphatic heterocycles. The van der Waals surface area contributed by atoms with Gasteiger partial charge < -0.3 is 0 Å². The van der Waals surface area contributed by atoms with Gasteiger partial charge in [0, 0.05) is 0 Å². The van der Waals surface area contributed by atoms with E-state index in [1.807, 2.05) is 26.2 Å². The first-order chi connectivity index (χ1) is 15.9. The molecule has 1 aliphatic carbocycles. The normalized spacial score (nSPS) is 18.5. The van der Waals surface area contributed by atoms with Gasteiger partial charge in [0.2, 0.25) is 0 Å². The van der Waals surface area contributed by atoms with E-state index in [0.29, 0.717) is 22.9 Å². The molecule has 0 bridgehead atoms. The minimum absolute atomic E-state index is 0.0120. The van der Waals surface area contributed by atoms with Gasteiger partial charge >= 0.3 is 201 Å². The number of para-hydroxylation sites is 1. The van der Waals surface area contributed by atoms with Gasteiger partial charge in [-0.2, -0.15) is 0 Å².